The van der Waals surface area contributed by atoms with Crippen LogP contribution in [0, 0.1) is 6.92 Å². The minimum absolute atomic E-state index is 0.755. The monoisotopic (exact) mass is 200 g/mol. The molecule has 2 aromatic rings. The van der Waals surface area contributed by atoms with Crippen LogP contribution in [0.5, 0.6) is 0 Å². The van der Waals surface area contributed by atoms with Gasteiger partial charge in [-0.15, -0.1) is 0 Å². The molecule has 0 spiro atoms. The van der Waals surface area contributed by atoms with Gasteiger partial charge in [0.05, 0.1) is 0 Å². The SMILES string of the molecule is Cc1cnccc1CNc1ccncn1. The van der Waals surface area contributed by atoms with Crippen LogP contribution in [-0.4, -0.2) is 15.0 Å². The Morgan fingerprint density at radius 3 is 2.80 bits per heavy atom. The smallest absolute Gasteiger partial charge is 0.129 e. The Kier molecular flexibility index (Phi) is 2.88. The van der Waals surface area contributed by atoms with Crippen LogP contribution in [0.4, 0.5) is 5.82 Å². The van der Waals surface area contributed by atoms with Gasteiger partial charge in [-0.3, -0.25) is 4.98 Å². The molecule has 2 rings (SSSR count). The normalized spacial score (nSPS) is 9.93. The fourth-order valence-corrected chi connectivity index (χ4v) is 1.28. The number of pyridine rings is 1. The second-order valence-corrected chi connectivity index (χ2v) is 3.25. The second kappa shape index (κ2) is 4.50. The average Bonchev–Trinajstić information content (AvgIpc) is 2.29. The minimum atomic E-state index is 0.755. The fraction of sp³-hybridized carbons (Fsp3) is 0.182. The molecule has 4 heteroatoms. The van der Waals surface area contributed by atoms with Gasteiger partial charge in [-0.05, 0) is 30.2 Å². The molecule has 0 amide bonds. The van der Waals surface area contributed by atoms with Crippen LogP contribution in [0.1, 0.15) is 11.1 Å². The van der Waals surface area contributed by atoms with E-state index in [1.807, 2.05) is 25.3 Å². The van der Waals surface area contributed by atoms with Crippen molar-refractivity contribution in [3.8, 4) is 0 Å². The van der Waals surface area contributed by atoms with Gasteiger partial charge in [0.1, 0.15) is 12.1 Å². The number of anilines is 1. The third-order valence-electron chi connectivity index (χ3n) is 2.18. The Labute approximate surface area is 88.4 Å². The lowest BCUT2D eigenvalue weighted by Crippen LogP contribution is -2.02. The van der Waals surface area contributed by atoms with Gasteiger partial charge in [-0.2, -0.15) is 0 Å². The molecule has 0 atom stereocenters. The van der Waals surface area contributed by atoms with Crippen LogP contribution in [0.3, 0.4) is 0 Å². The summed E-state index contributed by atoms with van der Waals surface area (Å²) in [5, 5.41) is 3.22. The van der Waals surface area contributed by atoms with Crippen molar-refractivity contribution in [3.05, 3.63) is 48.2 Å². The van der Waals surface area contributed by atoms with E-state index in [1.165, 1.54) is 17.5 Å². The highest BCUT2D eigenvalue weighted by molar-refractivity contribution is 5.34. The summed E-state index contributed by atoms with van der Waals surface area (Å²) in [6.45, 7) is 2.80. The van der Waals surface area contributed by atoms with E-state index in [9.17, 15) is 0 Å². The Hall–Kier alpha value is -1.97. The standard InChI is InChI=1S/C11H12N4/c1-9-6-12-4-2-10(9)7-14-11-3-5-13-8-15-11/h2-6,8H,7H2,1H3,(H,13,14,15). The van der Waals surface area contributed by atoms with E-state index in [1.54, 1.807) is 12.4 Å². The zero-order valence-electron chi connectivity index (χ0n) is 8.51. The molecule has 0 saturated heterocycles. The zero-order chi connectivity index (χ0) is 10.5. The third-order valence-corrected chi connectivity index (χ3v) is 2.18. The predicted molar refractivity (Wildman–Crippen MR) is 58.3 cm³/mol. The van der Waals surface area contributed by atoms with E-state index in [0.29, 0.717) is 0 Å². The van der Waals surface area contributed by atoms with E-state index in [4.69, 9.17) is 0 Å². The van der Waals surface area contributed by atoms with Crippen molar-refractivity contribution in [3.63, 3.8) is 0 Å². The molecule has 0 aliphatic carbocycles. The molecule has 2 heterocycles. The molecule has 1 N–H and O–H groups in total. The summed E-state index contributed by atoms with van der Waals surface area (Å²) in [7, 11) is 0. The molecule has 0 aliphatic rings. The van der Waals surface area contributed by atoms with Gasteiger partial charge in [0.2, 0.25) is 0 Å². The van der Waals surface area contributed by atoms with Crippen molar-refractivity contribution < 1.29 is 0 Å². The molecule has 0 aliphatic heterocycles. The largest absolute Gasteiger partial charge is 0.366 e. The van der Waals surface area contributed by atoms with Gasteiger partial charge in [-0.1, -0.05) is 0 Å². The fourth-order valence-electron chi connectivity index (χ4n) is 1.28. The molecule has 76 valence electrons. The van der Waals surface area contributed by atoms with Crippen molar-refractivity contribution in [1.82, 2.24) is 15.0 Å². The quantitative estimate of drug-likeness (QED) is 0.820. The Balaban J connectivity index is 2.03. The van der Waals surface area contributed by atoms with Gasteiger partial charge >= 0.3 is 0 Å². The molecule has 0 unspecified atom stereocenters. The van der Waals surface area contributed by atoms with Crippen molar-refractivity contribution in [2.24, 2.45) is 0 Å². The number of hydrogen-bond donors (Lipinski definition) is 1. The second-order valence-electron chi connectivity index (χ2n) is 3.25. The minimum Gasteiger partial charge on any atom is -0.366 e. The number of aromatic nitrogens is 3. The summed E-state index contributed by atoms with van der Waals surface area (Å²) in [6.07, 6.45) is 6.90. The highest BCUT2D eigenvalue weighted by Gasteiger charge is 1.97. The van der Waals surface area contributed by atoms with Gasteiger partial charge in [0, 0.05) is 25.1 Å². The summed E-state index contributed by atoms with van der Waals surface area (Å²) >= 11 is 0. The van der Waals surface area contributed by atoms with Gasteiger partial charge in [-0.25, -0.2) is 9.97 Å². The lowest BCUT2D eigenvalue weighted by molar-refractivity contribution is 1.05. The molecule has 4 nitrogen and oxygen atoms in total. The number of nitrogens with one attached hydrogen (secondary N) is 1. The number of rotatable bonds is 3. The van der Waals surface area contributed by atoms with Crippen LogP contribution < -0.4 is 5.32 Å². The molecule has 0 bridgehead atoms. The van der Waals surface area contributed by atoms with E-state index in [-0.39, 0.29) is 0 Å². The van der Waals surface area contributed by atoms with Crippen LogP contribution in [0.15, 0.2) is 37.1 Å². The first-order chi connectivity index (χ1) is 7.36. The molecule has 15 heavy (non-hydrogen) atoms. The van der Waals surface area contributed by atoms with Crippen molar-refractivity contribution in [2.75, 3.05) is 5.32 Å². The maximum Gasteiger partial charge on any atom is 0.129 e. The summed E-state index contributed by atoms with van der Waals surface area (Å²) in [5.74, 6) is 0.834. The first-order valence-corrected chi connectivity index (χ1v) is 4.75. The van der Waals surface area contributed by atoms with Crippen LogP contribution >= 0.6 is 0 Å². The molecule has 0 saturated carbocycles. The Morgan fingerprint density at radius 2 is 2.07 bits per heavy atom. The Bertz CT molecular complexity index is 428. The van der Waals surface area contributed by atoms with Crippen molar-refractivity contribution in [1.29, 1.82) is 0 Å². The summed E-state index contributed by atoms with van der Waals surface area (Å²) in [4.78, 5) is 12.0. The number of aryl methyl sites for hydroxylation is 1. The average molecular weight is 200 g/mol. The van der Waals surface area contributed by atoms with Gasteiger partial charge in [0.25, 0.3) is 0 Å². The zero-order valence-corrected chi connectivity index (χ0v) is 8.51. The Morgan fingerprint density at radius 1 is 1.20 bits per heavy atom. The third kappa shape index (κ3) is 2.49. The molecular weight excluding hydrogens is 188 g/mol. The van der Waals surface area contributed by atoms with E-state index < -0.39 is 0 Å². The highest BCUT2D eigenvalue weighted by Crippen LogP contribution is 2.07. The number of nitrogens with zero attached hydrogens (tertiary/aromatic N) is 3. The summed E-state index contributed by atoms with van der Waals surface area (Å²) < 4.78 is 0. The maximum absolute atomic E-state index is 4.09. The summed E-state index contributed by atoms with van der Waals surface area (Å²) in [6, 6.07) is 3.85. The lowest BCUT2D eigenvalue weighted by atomic mass is 10.1. The van der Waals surface area contributed by atoms with Crippen LogP contribution in [0.2, 0.25) is 0 Å². The molecule has 0 fully saturated rings. The molecular formula is C11H12N4. The summed E-state index contributed by atoms with van der Waals surface area (Å²) in [5.41, 5.74) is 2.41. The van der Waals surface area contributed by atoms with Crippen molar-refractivity contribution >= 4 is 5.82 Å². The first-order valence-electron chi connectivity index (χ1n) is 4.75. The first kappa shape index (κ1) is 9.58. The molecule has 2 aromatic heterocycles. The van der Waals surface area contributed by atoms with Gasteiger partial charge < -0.3 is 5.32 Å². The maximum atomic E-state index is 4.09. The van der Waals surface area contributed by atoms with E-state index in [0.717, 1.165) is 12.4 Å². The van der Waals surface area contributed by atoms with Crippen LogP contribution in [-0.2, 0) is 6.54 Å². The number of hydrogen-bond acceptors (Lipinski definition) is 4. The topological polar surface area (TPSA) is 50.7 Å². The predicted octanol–water partition coefficient (Wildman–Crippen LogP) is 1.79. The molecule has 0 aromatic carbocycles. The highest BCUT2D eigenvalue weighted by atomic mass is 15.0. The van der Waals surface area contributed by atoms with Crippen LogP contribution in [0.25, 0.3) is 0 Å². The lowest BCUT2D eigenvalue weighted by Gasteiger charge is -2.06. The van der Waals surface area contributed by atoms with E-state index >= 15 is 0 Å². The molecule has 0 radical (unpaired) electrons. The van der Waals surface area contributed by atoms with Crippen molar-refractivity contribution in [2.45, 2.75) is 13.5 Å². The van der Waals surface area contributed by atoms with E-state index in [2.05, 4.69) is 20.3 Å². The van der Waals surface area contributed by atoms with Gasteiger partial charge in [0.15, 0.2) is 0 Å².